The number of carbonyl (C=O) groups is 1. The summed E-state index contributed by atoms with van der Waals surface area (Å²) in [6, 6.07) is 5.55. The van der Waals surface area contributed by atoms with Crippen LogP contribution in [0.1, 0.15) is 37.7 Å². The Morgan fingerprint density at radius 1 is 1.53 bits per heavy atom. The summed E-state index contributed by atoms with van der Waals surface area (Å²) in [5.41, 5.74) is 0.735. The maximum absolute atomic E-state index is 11.1. The Labute approximate surface area is 109 Å². The fourth-order valence-corrected chi connectivity index (χ4v) is 2.15. The van der Waals surface area contributed by atoms with Crippen molar-refractivity contribution in [2.75, 3.05) is 0 Å². The highest BCUT2D eigenvalue weighted by Gasteiger charge is 2.23. The molecule has 1 aliphatic carbocycles. The van der Waals surface area contributed by atoms with Gasteiger partial charge in [0.05, 0.1) is 12.0 Å². The molecule has 1 aromatic rings. The van der Waals surface area contributed by atoms with Crippen LogP contribution < -0.4 is 4.74 Å². The normalized spacial score (nSPS) is 17.3. The third kappa shape index (κ3) is 2.80. The van der Waals surface area contributed by atoms with Gasteiger partial charge in [0.25, 0.3) is 0 Å². The lowest BCUT2D eigenvalue weighted by molar-refractivity contribution is -0.138. The molecule has 0 radical (unpaired) electrons. The third-order valence-electron chi connectivity index (χ3n) is 3.15. The van der Waals surface area contributed by atoms with Crippen LogP contribution >= 0.6 is 15.9 Å². The van der Waals surface area contributed by atoms with Crippen molar-refractivity contribution in [1.82, 2.24) is 0 Å². The smallest absolute Gasteiger partial charge is 0.310 e. The second kappa shape index (κ2) is 5.08. The SMILES string of the molecule is CC(C(=O)O)c1cc(Br)ccc1OC1CCC1. The topological polar surface area (TPSA) is 46.5 Å². The lowest BCUT2D eigenvalue weighted by Crippen LogP contribution is -2.25. The van der Waals surface area contributed by atoms with Crippen LogP contribution in [0.4, 0.5) is 0 Å². The summed E-state index contributed by atoms with van der Waals surface area (Å²) in [6.07, 6.45) is 3.59. The zero-order valence-corrected chi connectivity index (χ0v) is 11.2. The molecule has 2 rings (SSSR count). The molecule has 0 bridgehead atoms. The predicted octanol–water partition coefficient (Wildman–Crippen LogP) is 3.57. The van der Waals surface area contributed by atoms with Gasteiger partial charge in [-0.3, -0.25) is 4.79 Å². The summed E-state index contributed by atoms with van der Waals surface area (Å²) in [5.74, 6) is -0.683. The molecule has 1 unspecified atom stereocenters. The van der Waals surface area contributed by atoms with Crippen LogP contribution in [0.15, 0.2) is 22.7 Å². The number of benzene rings is 1. The van der Waals surface area contributed by atoms with Gasteiger partial charge < -0.3 is 9.84 Å². The van der Waals surface area contributed by atoms with Crippen molar-refractivity contribution in [2.24, 2.45) is 0 Å². The van der Waals surface area contributed by atoms with Gasteiger partial charge in [0.1, 0.15) is 5.75 Å². The van der Waals surface area contributed by atoms with Crippen LogP contribution in [0.5, 0.6) is 5.75 Å². The summed E-state index contributed by atoms with van der Waals surface area (Å²) in [4.78, 5) is 11.1. The number of carboxylic acid groups (broad SMARTS) is 1. The Bertz CT molecular complexity index is 427. The predicted molar refractivity (Wildman–Crippen MR) is 68.5 cm³/mol. The van der Waals surface area contributed by atoms with Gasteiger partial charge in [0.15, 0.2) is 0 Å². The molecular weight excluding hydrogens is 284 g/mol. The zero-order chi connectivity index (χ0) is 12.4. The first-order valence-corrected chi connectivity index (χ1v) is 6.56. The summed E-state index contributed by atoms with van der Waals surface area (Å²) in [7, 11) is 0. The van der Waals surface area contributed by atoms with Gasteiger partial charge >= 0.3 is 5.97 Å². The molecule has 1 saturated carbocycles. The van der Waals surface area contributed by atoms with Crippen molar-refractivity contribution in [1.29, 1.82) is 0 Å². The molecule has 1 aromatic carbocycles. The lowest BCUT2D eigenvalue weighted by Gasteiger charge is -2.28. The van der Waals surface area contributed by atoms with E-state index >= 15 is 0 Å². The van der Waals surface area contributed by atoms with E-state index in [9.17, 15) is 4.79 Å². The molecule has 92 valence electrons. The number of aliphatic carboxylic acids is 1. The van der Waals surface area contributed by atoms with E-state index in [1.165, 1.54) is 6.42 Å². The van der Waals surface area contributed by atoms with Crippen LogP contribution in [0.3, 0.4) is 0 Å². The second-order valence-electron chi connectivity index (χ2n) is 4.41. The lowest BCUT2D eigenvalue weighted by atomic mass is 9.95. The van der Waals surface area contributed by atoms with Crippen LogP contribution in [0.2, 0.25) is 0 Å². The number of hydrogen-bond donors (Lipinski definition) is 1. The third-order valence-corrected chi connectivity index (χ3v) is 3.65. The summed E-state index contributed by atoms with van der Waals surface area (Å²) in [5, 5.41) is 9.09. The van der Waals surface area contributed by atoms with E-state index in [-0.39, 0.29) is 6.10 Å². The molecule has 0 amide bonds. The Kier molecular flexibility index (Phi) is 3.72. The monoisotopic (exact) mass is 298 g/mol. The second-order valence-corrected chi connectivity index (χ2v) is 5.33. The van der Waals surface area contributed by atoms with Crippen LogP contribution in [-0.2, 0) is 4.79 Å². The average Bonchev–Trinajstić information content (AvgIpc) is 2.23. The molecule has 1 atom stereocenters. The van der Waals surface area contributed by atoms with Gasteiger partial charge in [-0.2, -0.15) is 0 Å². The van der Waals surface area contributed by atoms with Crippen LogP contribution in [0, 0.1) is 0 Å². The van der Waals surface area contributed by atoms with Gasteiger partial charge in [-0.05, 0) is 44.4 Å². The summed E-state index contributed by atoms with van der Waals surface area (Å²) in [6.45, 7) is 1.68. The molecule has 0 saturated heterocycles. The Morgan fingerprint density at radius 2 is 2.24 bits per heavy atom. The molecule has 1 fully saturated rings. The minimum Gasteiger partial charge on any atom is -0.490 e. The van der Waals surface area contributed by atoms with Crippen molar-refractivity contribution in [2.45, 2.75) is 38.2 Å². The van der Waals surface area contributed by atoms with Crippen molar-refractivity contribution < 1.29 is 14.6 Å². The molecular formula is C13H15BrO3. The molecule has 0 aromatic heterocycles. The minimum atomic E-state index is -0.832. The van der Waals surface area contributed by atoms with E-state index in [0.29, 0.717) is 5.75 Å². The highest BCUT2D eigenvalue weighted by Crippen LogP contribution is 2.33. The van der Waals surface area contributed by atoms with Crippen LogP contribution in [0.25, 0.3) is 0 Å². The van der Waals surface area contributed by atoms with Crippen molar-refractivity contribution in [3.8, 4) is 5.75 Å². The number of rotatable bonds is 4. The Morgan fingerprint density at radius 3 is 2.76 bits per heavy atom. The largest absolute Gasteiger partial charge is 0.490 e. The highest BCUT2D eigenvalue weighted by molar-refractivity contribution is 9.10. The fourth-order valence-electron chi connectivity index (χ4n) is 1.77. The zero-order valence-electron chi connectivity index (χ0n) is 9.65. The minimum absolute atomic E-state index is 0.260. The molecule has 1 N–H and O–H groups in total. The van der Waals surface area contributed by atoms with E-state index < -0.39 is 11.9 Å². The molecule has 0 heterocycles. The van der Waals surface area contributed by atoms with Crippen molar-refractivity contribution >= 4 is 21.9 Å². The standard InChI is InChI=1S/C13H15BrO3/c1-8(13(15)16)11-7-9(14)5-6-12(11)17-10-3-2-4-10/h5-8,10H,2-4H2,1H3,(H,15,16). The maximum Gasteiger partial charge on any atom is 0.310 e. The number of carboxylic acids is 1. The first-order valence-electron chi connectivity index (χ1n) is 5.77. The van der Waals surface area contributed by atoms with E-state index in [1.54, 1.807) is 6.92 Å². The van der Waals surface area contributed by atoms with Gasteiger partial charge in [0, 0.05) is 10.0 Å². The quantitative estimate of drug-likeness (QED) is 0.924. The van der Waals surface area contributed by atoms with E-state index in [4.69, 9.17) is 9.84 Å². The molecule has 1 aliphatic rings. The summed E-state index contributed by atoms with van der Waals surface area (Å²) < 4.78 is 6.70. The maximum atomic E-state index is 11.1. The number of halogens is 1. The number of ether oxygens (including phenoxy) is 1. The van der Waals surface area contributed by atoms with Crippen LogP contribution in [-0.4, -0.2) is 17.2 Å². The molecule has 3 nitrogen and oxygen atoms in total. The first-order chi connectivity index (χ1) is 8.08. The summed E-state index contributed by atoms with van der Waals surface area (Å²) >= 11 is 3.36. The molecule has 17 heavy (non-hydrogen) atoms. The van der Waals surface area contributed by atoms with E-state index in [0.717, 1.165) is 22.9 Å². The van der Waals surface area contributed by atoms with Gasteiger partial charge in [-0.1, -0.05) is 15.9 Å². The van der Waals surface area contributed by atoms with Gasteiger partial charge in [0.2, 0.25) is 0 Å². The fraction of sp³-hybridized carbons (Fsp3) is 0.462. The Balaban J connectivity index is 2.26. The van der Waals surface area contributed by atoms with Crippen molar-refractivity contribution in [3.63, 3.8) is 0 Å². The first kappa shape index (κ1) is 12.4. The number of hydrogen-bond acceptors (Lipinski definition) is 2. The van der Waals surface area contributed by atoms with E-state index in [2.05, 4.69) is 15.9 Å². The van der Waals surface area contributed by atoms with E-state index in [1.807, 2.05) is 18.2 Å². The molecule has 0 spiro atoms. The highest BCUT2D eigenvalue weighted by atomic mass is 79.9. The average molecular weight is 299 g/mol. The molecule has 4 heteroatoms. The van der Waals surface area contributed by atoms with Gasteiger partial charge in [-0.15, -0.1) is 0 Å². The Hall–Kier alpha value is -1.03. The molecule has 0 aliphatic heterocycles. The van der Waals surface area contributed by atoms with Crippen molar-refractivity contribution in [3.05, 3.63) is 28.2 Å². The van der Waals surface area contributed by atoms with Gasteiger partial charge in [-0.25, -0.2) is 0 Å².